The van der Waals surface area contributed by atoms with E-state index >= 15 is 0 Å². The zero-order valence-corrected chi connectivity index (χ0v) is 8.50. The summed E-state index contributed by atoms with van der Waals surface area (Å²) in [6.07, 6.45) is -4.71. The summed E-state index contributed by atoms with van der Waals surface area (Å²) in [5.74, 6) is 0.328. The topological polar surface area (TPSA) is 61.3 Å². The fourth-order valence-electron chi connectivity index (χ4n) is 1.11. The van der Waals surface area contributed by atoms with Gasteiger partial charge in [-0.2, -0.15) is 13.2 Å². The first kappa shape index (κ1) is 12.8. The van der Waals surface area contributed by atoms with Crippen molar-refractivity contribution >= 4 is 0 Å². The molecule has 1 aromatic carbocycles. The lowest BCUT2D eigenvalue weighted by Crippen LogP contribution is -2.34. The molecule has 0 saturated heterocycles. The SMILES string of the molecule is NCC(CN)Oc1ccc(C(F)(F)F)cc1. The molecule has 0 radical (unpaired) electrons. The van der Waals surface area contributed by atoms with Crippen LogP contribution in [0.25, 0.3) is 0 Å². The number of nitrogens with two attached hydrogens (primary N) is 2. The molecule has 0 aliphatic carbocycles. The second kappa shape index (κ2) is 5.18. The zero-order chi connectivity index (χ0) is 12.2. The predicted octanol–water partition coefficient (Wildman–Crippen LogP) is 1.37. The number of alkyl halides is 3. The first-order chi connectivity index (χ1) is 7.47. The van der Waals surface area contributed by atoms with Crippen molar-refractivity contribution in [2.45, 2.75) is 12.3 Å². The van der Waals surface area contributed by atoms with E-state index in [0.717, 1.165) is 12.1 Å². The molecule has 3 nitrogen and oxygen atoms in total. The highest BCUT2D eigenvalue weighted by Gasteiger charge is 2.30. The van der Waals surface area contributed by atoms with Crippen LogP contribution in [0.1, 0.15) is 5.56 Å². The van der Waals surface area contributed by atoms with Gasteiger partial charge in [-0.1, -0.05) is 0 Å². The van der Waals surface area contributed by atoms with E-state index < -0.39 is 11.7 Å². The molecule has 1 aromatic rings. The van der Waals surface area contributed by atoms with E-state index in [-0.39, 0.29) is 19.2 Å². The molecule has 0 bridgehead atoms. The van der Waals surface area contributed by atoms with E-state index in [1.807, 2.05) is 0 Å². The molecule has 4 N–H and O–H groups in total. The van der Waals surface area contributed by atoms with Crippen LogP contribution < -0.4 is 16.2 Å². The molecular formula is C10H13F3N2O. The molecule has 0 aromatic heterocycles. The van der Waals surface area contributed by atoms with Gasteiger partial charge in [0.1, 0.15) is 11.9 Å². The normalized spacial score (nSPS) is 11.9. The maximum absolute atomic E-state index is 12.2. The van der Waals surface area contributed by atoms with Gasteiger partial charge in [-0.05, 0) is 24.3 Å². The molecule has 0 amide bonds. The van der Waals surface area contributed by atoms with Crippen molar-refractivity contribution < 1.29 is 17.9 Å². The van der Waals surface area contributed by atoms with Crippen molar-refractivity contribution in [3.05, 3.63) is 29.8 Å². The second-order valence-corrected chi connectivity index (χ2v) is 3.23. The molecule has 0 atom stereocenters. The molecule has 0 aliphatic rings. The second-order valence-electron chi connectivity index (χ2n) is 3.23. The smallest absolute Gasteiger partial charge is 0.416 e. The molecule has 0 heterocycles. The summed E-state index contributed by atoms with van der Waals surface area (Å²) in [5.41, 5.74) is 9.98. The number of ether oxygens (including phenoxy) is 1. The summed E-state index contributed by atoms with van der Waals surface area (Å²) < 4.78 is 42.0. The van der Waals surface area contributed by atoms with Gasteiger partial charge in [0, 0.05) is 13.1 Å². The Balaban J connectivity index is 2.72. The Hall–Kier alpha value is -1.27. The predicted molar refractivity (Wildman–Crippen MR) is 54.0 cm³/mol. The van der Waals surface area contributed by atoms with Crippen LogP contribution >= 0.6 is 0 Å². The van der Waals surface area contributed by atoms with Gasteiger partial charge in [-0.15, -0.1) is 0 Å². The van der Waals surface area contributed by atoms with Gasteiger partial charge in [0.25, 0.3) is 0 Å². The zero-order valence-electron chi connectivity index (χ0n) is 8.50. The van der Waals surface area contributed by atoms with E-state index in [9.17, 15) is 13.2 Å². The highest BCUT2D eigenvalue weighted by atomic mass is 19.4. The summed E-state index contributed by atoms with van der Waals surface area (Å²) in [6.45, 7) is 0.440. The van der Waals surface area contributed by atoms with Crippen LogP contribution in [0.2, 0.25) is 0 Å². The van der Waals surface area contributed by atoms with Crippen LogP contribution in [0.3, 0.4) is 0 Å². The summed E-state index contributed by atoms with van der Waals surface area (Å²) >= 11 is 0. The summed E-state index contributed by atoms with van der Waals surface area (Å²) in [4.78, 5) is 0. The Morgan fingerprint density at radius 2 is 1.56 bits per heavy atom. The van der Waals surface area contributed by atoms with Gasteiger partial charge in [0.2, 0.25) is 0 Å². The maximum Gasteiger partial charge on any atom is 0.416 e. The van der Waals surface area contributed by atoms with E-state index in [0.29, 0.717) is 5.75 Å². The quantitative estimate of drug-likeness (QED) is 0.827. The Bertz CT molecular complexity index is 320. The number of benzene rings is 1. The molecule has 1 rings (SSSR count). The lowest BCUT2D eigenvalue weighted by molar-refractivity contribution is -0.137. The van der Waals surface area contributed by atoms with Crippen LogP contribution in [0.4, 0.5) is 13.2 Å². The minimum Gasteiger partial charge on any atom is -0.488 e. The summed E-state index contributed by atoms with van der Waals surface area (Å²) in [7, 11) is 0. The first-order valence-corrected chi connectivity index (χ1v) is 4.71. The third-order valence-electron chi connectivity index (χ3n) is 2.01. The third-order valence-corrected chi connectivity index (χ3v) is 2.01. The standard InChI is InChI=1S/C10H13F3N2O/c11-10(12,13)7-1-3-8(4-2-7)16-9(5-14)6-15/h1-4,9H,5-6,14-15H2. The minimum absolute atomic E-state index is 0.220. The molecular weight excluding hydrogens is 221 g/mol. The minimum atomic E-state index is -4.33. The molecule has 0 saturated carbocycles. The van der Waals surface area contributed by atoms with Crippen molar-refractivity contribution in [3.63, 3.8) is 0 Å². The average Bonchev–Trinajstić information content (AvgIpc) is 2.25. The van der Waals surface area contributed by atoms with Gasteiger partial charge in [-0.3, -0.25) is 0 Å². The fourth-order valence-corrected chi connectivity index (χ4v) is 1.11. The molecule has 16 heavy (non-hydrogen) atoms. The van der Waals surface area contributed by atoms with Gasteiger partial charge >= 0.3 is 6.18 Å². The Morgan fingerprint density at radius 1 is 1.06 bits per heavy atom. The van der Waals surface area contributed by atoms with E-state index in [1.165, 1.54) is 12.1 Å². The van der Waals surface area contributed by atoms with E-state index in [1.54, 1.807) is 0 Å². The van der Waals surface area contributed by atoms with Crippen molar-refractivity contribution in [2.24, 2.45) is 11.5 Å². The summed E-state index contributed by atoms with van der Waals surface area (Å²) in [6, 6.07) is 4.42. The molecule has 0 aliphatic heterocycles. The summed E-state index contributed by atoms with van der Waals surface area (Å²) in [5, 5.41) is 0. The van der Waals surface area contributed by atoms with Gasteiger partial charge in [0.15, 0.2) is 0 Å². The molecule has 0 unspecified atom stereocenters. The number of hydrogen-bond donors (Lipinski definition) is 2. The molecule has 0 fully saturated rings. The van der Waals surface area contributed by atoms with Gasteiger partial charge in [0.05, 0.1) is 5.56 Å². The maximum atomic E-state index is 12.2. The van der Waals surface area contributed by atoms with Crippen molar-refractivity contribution in [1.82, 2.24) is 0 Å². The van der Waals surface area contributed by atoms with Crippen LogP contribution in [0.15, 0.2) is 24.3 Å². The Labute approximate surface area is 91.2 Å². The van der Waals surface area contributed by atoms with Crippen molar-refractivity contribution in [3.8, 4) is 5.75 Å². The van der Waals surface area contributed by atoms with Crippen LogP contribution in [0, 0.1) is 0 Å². The number of halogens is 3. The highest BCUT2D eigenvalue weighted by molar-refractivity contribution is 5.29. The Morgan fingerprint density at radius 3 is 1.94 bits per heavy atom. The molecule has 90 valence electrons. The van der Waals surface area contributed by atoms with Crippen LogP contribution in [-0.4, -0.2) is 19.2 Å². The van der Waals surface area contributed by atoms with Gasteiger partial charge in [-0.25, -0.2) is 0 Å². The molecule has 6 heteroatoms. The van der Waals surface area contributed by atoms with Crippen LogP contribution in [-0.2, 0) is 6.18 Å². The fraction of sp³-hybridized carbons (Fsp3) is 0.400. The van der Waals surface area contributed by atoms with E-state index in [2.05, 4.69) is 0 Å². The molecule has 0 spiro atoms. The highest BCUT2D eigenvalue weighted by Crippen LogP contribution is 2.30. The van der Waals surface area contributed by atoms with Gasteiger partial charge < -0.3 is 16.2 Å². The largest absolute Gasteiger partial charge is 0.488 e. The Kier molecular flexibility index (Phi) is 4.14. The lowest BCUT2D eigenvalue weighted by atomic mass is 10.2. The number of rotatable bonds is 4. The van der Waals surface area contributed by atoms with Crippen molar-refractivity contribution in [1.29, 1.82) is 0 Å². The third kappa shape index (κ3) is 3.39. The average molecular weight is 234 g/mol. The van der Waals surface area contributed by atoms with Crippen LogP contribution in [0.5, 0.6) is 5.75 Å². The monoisotopic (exact) mass is 234 g/mol. The number of hydrogen-bond acceptors (Lipinski definition) is 3. The lowest BCUT2D eigenvalue weighted by Gasteiger charge is -2.15. The van der Waals surface area contributed by atoms with Crippen molar-refractivity contribution in [2.75, 3.05) is 13.1 Å². The van der Waals surface area contributed by atoms with E-state index in [4.69, 9.17) is 16.2 Å². The first-order valence-electron chi connectivity index (χ1n) is 4.71.